The van der Waals surface area contributed by atoms with Gasteiger partial charge >= 0.3 is 5.97 Å². The van der Waals surface area contributed by atoms with Crippen molar-refractivity contribution in [1.29, 1.82) is 0 Å². The zero-order valence-corrected chi connectivity index (χ0v) is 18.4. The Balaban J connectivity index is 2.10. The smallest absolute Gasteiger partial charge is 0.326 e. The molecule has 0 bridgehead atoms. The summed E-state index contributed by atoms with van der Waals surface area (Å²) in [5.74, 6) is -2.39. The highest BCUT2D eigenvalue weighted by molar-refractivity contribution is 5.96. The molecule has 0 fully saturated rings. The van der Waals surface area contributed by atoms with Crippen LogP contribution in [0.2, 0.25) is 0 Å². The number of ether oxygens (including phenoxy) is 2. The summed E-state index contributed by atoms with van der Waals surface area (Å²) in [5, 5.41) is 16.1. The van der Waals surface area contributed by atoms with E-state index in [0.717, 1.165) is 0 Å². The Morgan fingerprint density at radius 3 is 2.26 bits per heavy atom. The lowest BCUT2D eigenvalue weighted by atomic mass is 10.1. The van der Waals surface area contributed by atoms with Crippen LogP contribution in [0.15, 0.2) is 48.5 Å². The van der Waals surface area contributed by atoms with E-state index in [9.17, 15) is 23.9 Å². The minimum absolute atomic E-state index is 0.113. The van der Waals surface area contributed by atoms with Crippen LogP contribution in [-0.2, 0) is 9.59 Å². The van der Waals surface area contributed by atoms with Crippen LogP contribution >= 0.6 is 0 Å². The van der Waals surface area contributed by atoms with Crippen LogP contribution in [0.1, 0.15) is 23.3 Å². The first-order valence-electron chi connectivity index (χ1n) is 10.1. The maximum Gasteiger partial charge on any atom is 0.326 e. The number of carbonyl (C=O) groups is 3. The highest BCUT2D eigenvalue weighted by atomic mass is 19.1. The van der Waals surface area contributed by atoms with Crippen LogP contribution in [-0.4, -0.2) is 52.9 Å². The minimum atomic E-state index is -1.35. The van der Waals surface area contributed by atoms with Gasteiger partial charge in [0, 0.05) is 6.42 Å². The molecule has 0 saturated heterocycles. The second-order valence-electron chi connectivity index (χ2n) is 7.21. The average Bonchev–Trinajstić information content (AvgIpc) is 3.26. The van der Waals surface area contributed by atoms with E-state index in [1.807, 2.05) is 0 Å². The predicted octanol–water partition coefficient (Wildman–Crippen LogP) is 2.14. The molecule has 178 valence electrons. The first kappa shape index (κ1) is 24.2. The molecule has 1 aromatic heterocycles. The molecule has 10 nitrogen and oxygen atoms in total. The van der Waals surface area contributed by atoms with Gasteiger partial charge in [0.15, 0.2) is 5.69 Å². The monoisotopic (exact) mass is 470 g/mol. The molecule has 0 radical (unpaired) electrons. The first-order chi connectivity index (χ1) is 16.2. The van der Waals surface area contributed by atoms with E-state index in [2.05, 4.69) is 10.4 Å². The normalized spacial score (nSPS) is 11.5. The molecule has 1 heterocycles. The van der Waals surface area contributed by atoms with Crippen molar-refractivity contribution in [3.8, 4) is 28.4 Å². The summed E-state index contributed by atoms with van der Waals surface area (Å²) in [5.41, 5.74) is 6.28. The van der Waals surface area contributed by atoms with Gasteiger partial charge in [-0.2, -0.15) is 5.10 Å². The van der Waals surface area contributed by atoms with Gasteiger partial charge in [0.1, 0.15) is 23.4 Å². The summed E-state index contributed by atoms with van der Waals surface area (Å²) >= 11 is 0. The van der Waals surface area contributed by atoms with Crippen molar-refractivity contribution in [2.75, 3.05) is 14.2 Å². The molecule has 2 aromatic carbocycles. The lowest BCUT2D eigenvalue weighted by molar-refractivity contribution is -0.139. The fourth-order valence-corrected chi connectivity index (χ4v) is 3.33. The third kappa shape index (κ3) is 5.31. The number of methoxy groups -OCH3 is 2. The summed E-state index contributed by atoms with van der Waals surface area (Å²) in [7, 11) is 2.95. The van der Waals surface area contributed by atoms with Crippen LogP contribution in [0.4, 0.5) is 4.39 Å². The van der Waals surface area contributed by atoms with E-state index >= 15 is 0 Å². The molecular formula is C23H23FN4O6. The number of benzene rings is 2. The number of nitrogens with two attached hydrogens (primary N) is 1. The molecular weight excluding hydrogens is 447 g/mol. The topological polar surface area (TPSA) is 146 Å². The molecule has 34 heavy (non-hydrogen) atoms. The van der Waals surface area contributed by atoms with E-state index in [1.54, 1.807) is 18.2 Å². The number of nitrogens with one attached hydrogen (secondary N) is 1. The third-order valence-corrected chi connectivity index (χ3v) is 4.98. The average molecular weight is 470 g/mol. The Labute approximate surface area is 194 Å². The highest BCUT2D eigenvalue weighted by Crippen LogP contribution is 2.39. The molecule has 3 rings (SSSR count). The van der Waals surface area contributed by atoms with E-state index in [-0.39, 0.29) is 18.5 Å². The molecule has 0 spiro atoms. The number of carboxylic acid groups (broad SMARTS) is 1. The number of nitrogens with zero attached hydrogens (tertiary/aromatic N) is 2. The standard InChI is InChI=1S/C23H23FN4O6/c1-33-18-4-3-5-19(34-2)21(18)17-12-16(27-28(17)14-8-6-13(24)7-9-14)22(30)26-15(23(31)32)10-11-20(25)29/h3-9,12,15H,10-11H2,1-2H3,(H2,25,29)(H,26,30)(H,31,32)/t15-/m0/s1. The zero-order valence-electron chi connectivity index (χ0n) is 18.4. The van der Waals surface area contributed by atoms with Crippen molar-refractivity contribution >= 4 is 17.8 Å². The van der Waals surface area contributed by atoms with Gasteiger partial charge in [0.2, 0.25) is 5.91 Å². The Hall–Kier alpha value is -4.41. The van der Waals surface area contributed by atoms with Crippen molar-refractivity contribution in [1.82, 2.24) is 15.1 Å². The second-order valence-corrected chi connectivity index (χ2v) is 7.21. The fraction of sp³-hybridized carbons (Fsp3) is 0.217. The Morgan fingerprint density at radius 1 is 1.12 bits per heavy atom. The lowest BCUT2D eigenvalue weighted by Gasteiger charge is -2.14. The van der Waals surface area contributed by atoms with E-state index < -0.39 is 29.6 Å². The van der Waals surface area contributed by atoms with Gasteiger partial charge in [-0.3, -0.25) is 9.59 Å². The number of hydrogen-bond acceptors (Lipinski definition) is 6. The molecule has 1 atom stereocenters. The van der Waals surface area contributed by atoms with Gasteiger partial charge in [0.05, 0.1) is 31.2 Å². The predicted molar refractivity (Wildman–Crippen MR) is 119 cm³/mol. The number of carbonyl (C=O) groups excluding carboxylic acids is 2. The zero-order chi connectivity index (χ0) is 24.8. The molecule has 0 unspecified atom stereocenters. The summed E-state index contributed by atoms with van der Waals surface area (Å²) in [6.45, 7) is 0. The highest BCUT2D eigenvalue weighted by Gasteiger charge is 2.26. The van der Waals surface area contributed by atoms with Crippen LogP contribution < -0.4 is 20.5 Å². The number of hydrogen-bond donors (Lipinski definition) is 3. The largest absolute Gasteiger partial charge is 0.496 e. The van der Waals surface area contributed by atoms with Crippen molar-refractivity contribution in [2.24, 2.45) is 5.73 Å². The molecule has 2 amide bonds. The number of halogens is 1. The van der Waals surface area contributed by atoms with Crippen molar-refractivity contribution in [3.05, 3.63) is 60.0 Å². The van der Waals surface area contributed by atoms with Gasteiger partial charge in [-0.05, 0) is 48.9 Å². The maximum atomic E-state index is 13.5. The molecule has 4 N–H and O–H groups in total. The minimum Gasteiger partial charge on any atom is -0.496 e. The van der Waals surface area contributed by atoms with Crippen LogP contribution in [0.3, 0.4) is 0 Å². The molecule has 0 saturated carbocycles. The summed E-state index contributed by atoms with van der Waals surface area (Å²) in [6, 6.07) is 10.6. The second kappa shape index (κ2) is 10.5. The Morgan fingerprint density at radius 2 is 1.74 bits per heavy atom. The number of rotatable bonds is 10. The van der Waals surface area contributed by atoms with Crippen LogP contribution in [0.5, 0.6) is 11.5 Å². The molecule has 0 aliphatic carbocycles. The number of amides is 2. The summed E-state index contributed by atoms with van der Waals surface area (Å²) in [6.07, 6.45) is -0.396. The quantitative estimate of drug-likeness (QED) is 0.411. The summed E-state index contributed by atoms with van der Waals surface area (Å²) in [4.78, 5) is 35.5. The van der Waals surface area contributed by atoms with Crippen LogP contribution in [0, 0.1) is 5.82 Å². The number of carboxylic acids is 1. The van der Waals surface area contributed by atoms with E-state index in [4.69, 9.17) is 15.2 Å². The van der Waals surface area contributed by atoms with Gasteiger partial charge in [0.25, 0.3) is 5.91 Å². The Bertz CT molecular complexity index is 1190. The molecule has 0 aliphatic heterocycles. The van der Waals surface area contributed by atoms with Crippen LogP contribution in [0.25, 0.3) is 16.9 Å². The molecule has 3 aromatic rings. The third-order valence-electron chi connectivity index (χ3n) is 4.98. The molecule has 0 aliphatic rings. The van der Waals surface area contributed by atoms with Crippen molar-refractivity contribution in [2.45, 2.75) is 18.9 Å². The first-order valence-corrected chi connectivity index (χ1v) is 10.1. The van der Waals surface area contributed by atoms with Gasteiger partial charge < -0.3 is 25.6 Å². The number of primary amides is 1. The van der Waals surface area contributed by atoms with Gasteiger partial charge in [-0.15, -0.1) is 0 Å². The maximum absolute atomic E-state index is 13.5. The number of aliphatic carboxylic acids is 1. The number of aromatic nitrogens is 2. The molecule has 11 heteroatoms. The Kier molecular flexibility index (Phi) is 7.46. The van der Waals surface area contributed by atoms with Gasteiger partial charge in [-0.25, -0.2) is 13.9 Å². The fourth-order valence-electron chi connectivity index (χ4n) is 3.33. The van der Waals surface area contributed by atoms with Crippen molar-refractivity contribution in [3.63, 3.8) is 0 Å². The SMILES string of the molecule is COc1cccc(OC)c1-c1cc(C(=O)N[C@@H](CCC(N)=O)C(=O)O)nn1-c1ccc(F)cc1. The van der Waals surface area contributed by atoms with E-state index in [0.29, 0.717) is 28.4 Å². The lowest BCUT2D eigenvalue weighted by Crippen LogP contribution is -2.41. The van der Waals surface area contributed by atoms with Gasteiger partial charge in [-0.1, -0.05) is 6.07 Å². The summed E-state index contributed by atoms with van der Waals surface area (Å²) < 4.78 is 25.9. The van der Waals surface area contributed by atoms with E-state index in [1.165, 1.54) is 49.2 Å². The van der Waals surface area contributed by atoms with Crippen molar-refractivity contribution < 1.29 is 33.4 Å².